The first-order valence-corrected chi connectivity index (χ1v) is 8.74. The predicted octanol–water partition coefficient (Wildman–Crippen LogP) is 2.83. The van der Waals surface area contributed by atoms with Crippen molar-refractivity contribution in [2.45, 2.75) is 13.8 Å². The van der Waals surface area contributed by atoms with Crippen molar-refractivity contribution in [3.8, 4) is 0 Å². The lowest BCUT2D eigenvalue weighted by atomic mass is 9.73. The number of Topliss-reactive ketones (excluding diaryl/α,β-unsaturated/α-hetero) is 1. The number of nitrogens with zero attached hydrogens (tertiary/aromatic N) is 2. The number of carbonyl (C=O) groups is 3. The summed E-state index contributed by atoms with van der Waals surface area (Å²) in [5, 5.41) is 0. The topological polar surface area (TPSA) is 66.9 Å². The molecule has 0 aliphatic carbocycles. The van der Waals surface area contributed by atoms with Crippen LogP contribution in [0.25, 0.3) is 0 Å². The molecule has 2 aliphatic rings. The van der Waals surface area contributed by atoms with Gasteiger partial charge in [-0.2, -0.15) is 0 Å². The minimum atomic E-state index is -0.832. The van der Waals surface area contributed by atoms with E-state index in [-0.39, 0.29) is 18.3 Å². The van der Waals surface area contributed by atoms with Gasteiger partial charge in [-0.15, -0.1) is 0 Å². The molecule has 2 heterocycles. The van der Waals surface area contributed by atoms with Gasteiger partial charge in [0.05, 0.1) is 6.61 Å². The van der Waals surface area contributed by atoms with E-state index in [0.717, 1.165) is 0 Å². The van der Waals surface area contributed by atoms with Gasteiger partial charge < -0.3 is 9.64 Å². The van der Waals surface area contributed by atoms with Crippen LogP contribution in [0.5, 0.6) is 0 Å². The van der Waals surface area contributed by atoms with E-state index < -0.39 is 17.4 Å². The molecule has 0 saturated carbocycles. The number of hydrogen-bond acceptors (Lipinski definition) is 4. The molecule has 26 heavy (non-hydrogen) atoms. The van der Waals surface area contributed by atoms with E-state index in [1.54, 1.807) is 60.6 Å². The van der Waals surface area contributed by atoms with Crippen LogP contribution in [0.15, 0.2) is 54.9 Å². The van der Waals surface area contributed by atoms with Gasteiger partial charge in [0.25, 0.3) is 0 Å². The molecule has 0 N–H and O–H groups in total. The Labute approximate surface area is 152 Å². The smallest absolute Gasteiger partial charge is 0.417 e. The van der Waals surface area contributed by atoms with Gasteiger partial charge in [0.15, 0.2) is 5.78 Å². The standard InChI is InChI=1S/C20H22N2O4/c1-3-21-14-20(10-12-22(13-11-20)19(25)26-4-2)16(18(21)24)17(23)15-8-6-5-7-9-15/h5-13,16H,3-4,14H2,1-2H3. The molecule has 2 aliphatic heterocycles. The molecule has 1 spiro atoms. The number of carbonyl (C=O) groups excluding carboxylic acids is 3. The molecule has 1 atom stereocenters. The highest BCUT2D eigenvalue weighted by molar-refractivity contribution is 6.12. The molecule has 1 unspecified atom stereocenters. The zero-order valence-corrected chi connectivity index (χ0v) is 14.9. The number of amides is 2. The molecule has 1 aromatic rings. The fraction of sp³-hybridized carbons (Fsp3) is 0.350. The first kappa shape index (κ1) is 17.9. The Morgan fingerprint density at radius 2 is 1.81 bits per heavy atom. The summed E-state index contributed by atoms with van der Waals surface area (Å²) in [6, 6.07) is 8.84. The van der Waals surface area contributed by atoms with Crippen molar-refractivity contribution in [1.82, 2.24) is 9.80 Å². The molecular formula is C20H22N2O4. The van der Waals surface area contributed by atoms with Crippen molar-refractivity contribution in [3.05, 3.63) is 60.4 Å². The van der Waals surface area contributed by atoms with Crippen LogP contribution in [0.4, 0.5) is 4.79 Å². The number of hydrogen-bond donors (Lipinski definition) is 0. The van der Waals surface area contributed by atoms with Crippen molar-refractivity contribution < 1.29 is 19.1 Å². The van der Waals surface area contributed by atoms with Crippen LogP contribution < -0.4 is 0 Å². The molecule has 1 fully saturated rings. The van der Waals surface area contributed by atoms with Crippen LogP contribution in [-0.2, 0) is 9.53 Å². The SMILES string of the molecule is CCOC(=O)N1C=CC2(C=C1)CN(CC)C(=O)C2C(=O)c1ccccc1. The van der Waals surface area contributed by atoms with Crippen LogP contribution in [-0.4, -0.2) is 47.3 Å². The highest BCUT2D eigenvalue weighted by Crippen LogP contribution is 2.43. The molecule has 1 aromatic carbocycles. The summed E-state index contributed by atoms with van der Waals surface area (Å²) in [6.07, 6.45) is 6.20. The summed E-state index contributed by atoms with van der Waals surface area (Å²) in [6.45, 7) is 4.85. The third kappa shape index (κ3) is 3.03. The van der Waals surface area contributed by atoms with Crippen LogP contribution in [0, 0.1) is 11.3 Å². The minimum absolute atomic E-state index is 0.180. The Bertz CT molecular complexity index is 755. The average Bonchev–Trinajstić information content (AvgIpc) is 2.94. The maximum atomic E-state index is 13.1. The zero-order chi connectivity index (χ0) is 18.7. The van der Waals surface area contributed by atoms with Gasteiger partial charge in [-0.05, 0) is 13.8 Å². The van der Waals surface area contributed by atoms with E-state index in [9.17, 15) is 14.4 Å². The summed E-state index contributed by atoms with van der Waals surface area (Å²) >= 11 is 0. The van der Waals surface area contributed by atoms with Gasteiger partial charge in [-0.25, -0.2) is 4.79 Å². The van der Waals surface area contributed by atoms with Crippen LogP contribution in [0.3, 0.4) is 0 Å². The van der Waals surface area contributed by atoms with E-state index in [1.807, 2.05) is 13.0 Å². The Morgan fingerprint density at radius 1 is 1.15 bits per heavy atom. The van der Waals surface area contributed by atoms with E-state index in [2.05, 4.69) is 0 Å². The van der Waals surface area contributed by atoms with Crippen molar-refractivity contribution in [2.75, 3.05) is 19.7 Å². The summed E-state index contributed by atoms with van der Waals surface area (Å²) < 4.78 is 4.98. The first-order chi connectivity index (χ1) is 12.5. The van der Waals surface area contributed by atoms with Crippen molar-refractivity contribution in [1.29, 1.82) is 0 Å². The molecule has 1 saturated heterocycles. The molecule has 6 nitrogen and oxygen atoms in total. The fourth-order valence-electron chi connectivity index (χ4n) is 3.47. The van der Waals surface area contributed by atoms with Crippen LogP contribution in [0.2, 0.25) is 0 Å². The molecule has 0 radical (unpaired) electrons. The normalized spacial score (nSPS) is 20.7. The quantitative estimate of drug-likeness (QED) is 0.616. The number of rotatable bonds is 4. The number of ether oxygens (including phenoxy) is 1. The largest absolute Gasteiger partial charge is 0.449 e. The van der Waals surface area contributed by atoms with Gasteiger partial charge in [-0.1, -0.05) is 42.5 Å². The second-order valence-corrected chi connectivity index (χ2v) is 6.37. The Balaban J connectivity index is 1.93. The monoisotopic (exact) mass is 354 g/mol. The minimum Gasteiger partial charge on any atom is -0.449 e. The Morgan fingerprint density at radius 3 is 2.38 bits per heavy atom. The van der Waals surface area contributed by atoms with E-state index >= 15 is 0 Å². The van der Waals surface area contributed by atoms with Crippen LogP contribution >= 0.6 is 0 Å². The summed E-state index contributed by atoms with van der Waals surface area (Å²) in [5.41, 5.74) is -0.249. The molecule has 0 aromatic heterocycles. The Kier molecular flexibility index (Phi) is 4.93. The van der Waals surface area contributed by atoms with Gasteiger partial charge >= 0.3 is 6.09 Å². The predicted molar refractivity (Wildman–Crippen MR) is 96.1 cm³/mol. The van der Waals surface area contributed by atoms with E-state index in [0.29, 0.717) is 18.7 Å². The maximum absolute atomic E-state index is 13.1. The number of benzene rings is 1. The first-order valence-electron chi connectivity index (χ1n) is 8.74. The Hall–Kier alpha value is -2.89. The molecule has 2 amide bonds. The highest BCUT2D eigenvalue weighted by atomic mass is 16.6. The zero-order valence-electron chi connectivity index (χ0n) is 14.9. The number of ketones is 1. The summed E-state index contributed by atoms with van der Waals surface area (Å²) in [5.74, 6) is -1.22. The molecular weight excluding hydrogens is 332 g/mol. The lowest BCUT2D eigenvalue weighted by Gasteiger charge is -2.30. The summed E-state index contributed by atoms with van der Waals surface area (Å²) in [4.78, 5) is 40.8. The molecule has 136 valence electrons. The lowest BCUT2D eigenvalue weighted by molar-refractivity contribution is -0.129. The van der Waals surface area contributed by atoms with E-state index in [1.165, 1.54) is 4.90 Å². The van der Waals surface area contributed by atoms with Crippen LogP contribution in [0.1, 0.15) is 24.2 Å². The molecule has 0 bridgehead atoms. The second kappa shape index (κ2) is 7.15. The fourth-order valence-corrected chi connectivity index (χ4v) is 3.47. The third-order valence-corrected chi connectivity index (χ3v) is 4.83. The van der Waals surface area contributed by atoms with Crippen molar-refractivity contribution in [2.24, 2.45) is 11.3 Å². The summed E-state index contributed by atoms with van der Waals surface area (Å²) in [7, 11) is 0. The lowest BCUT2D eigenvalue weighted by Crippen LogP contribution is -2.37. The number of likely N-dealkylation sites (tertiary alicyclic amines) is 1. The highest BCUT2D eigenvalue weighted by Gasteiger charge is 2.53. The van der Waals surface area contributed by atoms with Gasteiger partial charge in [0.2, 0.25) is 5.91 Å². The average molecular weight is 354 g/mol. The van der Waals surface area contributed by atoms with Gasteiger partial charge in [-0.3, -0.25) is 14.5 Å². The third-order valence-electron chi connectivity index (χ3n) is 4.83. The van der Waals surface area contributed by atoms with Gasteiger partial charge in [0.1, 0.15) is 5.92 Å². The van der Waals surface area contributed by atoms with Gasteiger partial charge in [0, 0.05) is 36.5 Å². The van der Waals surface area contributed by atoms with E-state index in [4.69, 9.17) is 4.74 Å². The van der Waals surface area contributed by atoms with Crippen molar-refractivity contribution >= 4 is 17.8 Å². The molecule has 3 rings (SSSR count). The molecule has 6 heteroatoms. The van der Waals surface area contributed by atoms with Crippen molar-refractivity contribution in [3.63, 3.8) is 0 Å². The maximum Gasteiger partial charge on any atom is 0.417 e. The second-order valence-electron chi connectivity index (χ2n) is 6.37.